The van der Waals surface area contributed by atoms with Gasteiger partial charge in [-0.05, 0) is 90.8 Å². The van der Waals surface area contributed by atoms with Crippen LogP contribution in [0.15, 0.2) is 60.7 Å². The summed E-state index contributed by atoms with van der Waals surface area (Å²) in [5.74, 6) is 1.77. The highest BCUT2D eigenvalue weighted by atomic mass is 35.5. The van der Waals surface area contributed by atoms with Gasteiger partial charge in [-0.1, -0.05) is 35.9 Å². The number of alkyl halides is 1. The number of hydrogen-bond donors (Lipinski definition) is 1. The second-order valence-corrected chi connectivity index (χ2v) is 10.1. The number of nitrogens with zero attached hydrogens (tertiary/aromatic N) is 1. The van der Waals surface area contributed by atoms with Crippen molar-refractivity contribution in [3.63, 3.8) is 0 Å². The number of phenols is 1. The Kier molecular flexibility index (Phi) is 8.02. The van der Waals surface area contributed by atoms with Gasteiger partial charge >= 0.3 is 0 Å². The Morgan fingerprint density at radius 1 is 1.05 bits per heavy atom. The first kappa shape index (κ1) is 25.6. The Balaban J connectivity index is 1.40. The third-order valence-electron chi connectivity index (χ3n) is 7.31. The number of likely N-dealkylation sites (tertiary alicyclic amines) is 1. The molecule has 5 rings (SSSR count). The van der Waals surface area contributed by atoms with Crippen LogP contribution >= 0.6 is 11.6 Å². The number of aromatic hydroxyl groups is 1. The molecule has 1 N–H and O–H groups in total. The van der Waals surface area contributed by atoms with Gasteiger partial charge in [-0.3, -0.25) is 9.29 Å². The summed E-state index contributed by atoms with van der Waals surface area (Å²) in [7, 11) is 1.61. The summed E-state index contributed by atoms with van der Waals surface area (Å²) in [5.41, 5.74) is 6.09. The van der Waals surface area contributed by atoms with Crippen LogP contribution in [0.2, 0.25) is 5.02 Å². The minimum absolute atomic E-state index is 0.142. The molecule has 0 bridgehead atoms. The lowest BCUT2D eigenvalue weighted by molar-refractivity contribution is 0.198. The number of rotatable bonds is 8. The molecule has 0 aromatic heterocycles. The predicted molar refractivity (Wildman–Crippen MR) is 148 cm³/mol. The van der Waals surface area contributed by atoms with Gasteiger partial charge in [0.05, 0.1) is 18.8 Å². The first-order chi connectivity index (χ1) is 18.1. The monoisotopic (exact) mass is 521 g/mol. The largest absolute Gasteiger partial charge is 0.507 e. The molecule has 6 heteroatoms. The molecule has 0 amide bonds. The van der Waals surface area contributed by atoms with Gasteiger partial charge in [0, 0.05) is 30.8 Å². The van der Waals surface area contributed by atoms with E-state index in [2.05, 4.69) is 23.1 Å². The predicted octanol–water partition coefficient (Wildman–Crippen LogP) is 7.30. The lowest BCUT2D eigenvalue weighted by atomic mass is 9.87. The van der Waals surface area contributed by atoms with Crippen LogP contribution in [0.5, 0.6) is 17.2 Å². The number of fused-ring (bicyclic) bond motifs is 1. The first-order valence-corrected chi connectivity index (χ1v) is 13.4. The Morgan fingerprint density at radius 2 is 1.84 bits per heavy atom. The summed E-state index contributed by atoms with van der Waals surface area (Å²) < 4.78 is 24.0. The zero-order valence-electron chi connectivity index (χ0n) is 21.2. The number of allylic oxidation sites excluding steroid dienone is 1. The molecule has 1 fully saturated rings. The van der Waals surface area contributed by atoms with Crippen molar-refractivity contribution >= 4 is 17.2 Å². The van der Waals surface area contributed by atoms with E-state index >= 15 is 0 Å². The zero-order valence-corrected chi connectivity index (χ0v) is 21.9. The maximum atomic E-state index is 12.5. The fourth-order valence-electron chi connectivity index (χ4n) is 5.47. The molecule has 0 unspecified atom stereocenters. The average Bonchev–Trinajstić information content (AvgIpc) is 3.24. The van der Waals surface area contributed by atoms with Gasteiger partial charge in [0.2, 0.25) is 0 Å². The molecule has 2 aliphatic rings. The minimum atomic E-state index is -0.267. The normalized spacial score (nSPS) is 17.7. The van der Waals surface area contributed by atoms with Gasteiger partial charge in [-0.25, -0.2) is 0 Å². The molecule has 1 aliphatic heterocycles. The second-order valence-electron chi connectivity index (χ2n) is 9.74. The van der Waals surface area contributed by atoms with Crippen LogP contribution in [0.1, 0.15) is 42.4 Å². The fourth-order valence-corrected chi connectivity index (χ4v) is 5.73. The van der Waals surface area contributed by atoms with Crippen molar-refractivity contribution in [2.24, 2.45) is 0 Å². The number of benzene rings is 3. The number of phenolic OH excluding ortho intramolecular Hbond substituents is 1. The van der Waals surface area contributed by atoms with Crippen molar-refractivity contribution in [1.82, 2.24) is 4.90 Å². The first-order valence-electron chi connectivity index (χ1n) is 13.0. The average molecular weight is 522 g/mol. The van der Waals surface area contributed by atoms with Crippen molar-refractivity contribution in [1.29, 1.82) is 0 Å². The number of halogens is 2. The molecule has 4 nitrogen and oxygen atoms in total. The van der Waals surface area contributed by atoms with Crippen LogP contribution in [-0.4, -0.2) is 49.5 Å². The van der Waals surface area contributed by atoms with Crippen molar-refractivity contribution in [2.75, 3.05) is 33.4 Å². The van der Waals surface area contributed by atoms with E-state index in [-0.39, 0.29) is 18.5 Å². The van der Waals surface area contributed by atoms with Crippen molar-refractivity contribution in [3.05, 3.63) is 82.4 Å². The van der Waals surface area contributed by atoms with E-state index in [0.717, 1.165) is 84.5 Å². The Morgan fingerprint density at radius 3 is 2.59 bits per heavy atom. The van der Waals surface area contributed by atoms with E-state index in [9.17, 15) is 9.50 Å². The van der Waals surface area contributed by atoms with Crippen molar-refractivity contribution < 1.29 is 19.0 Å². The van der Waals surface area contributed by atoms with Gasteiger partial charge < -0.3 is 14.6 Å². The molecule has 0 radical (unpaired) electrons. The van der Waals surface area contributed by atoms with Crippen LogP contribution < -0.4 is 9.47 Å². The van der Waals surface area contributed by atoms with Crippen LogP contribution in [-0.2, 0) is 6.42 Å². The summed E-state index contributed by atoms with van der Waals surface area (Å²) >= 11 is 6.63. The van der Waals surface area contributed by atoms with E-state index in [1.54, 1.807) is 19.2 Å². The molecule has 37 heavy (non-hydrogen) atoms. The Hall–Kier alpha value is -3.02. The second kappa shape index (κ2) is 11.6. The molecular formula is C31H33ClFNO3. The van der Waals surface area contributed by atoms with E-state index in [1.165, 1.54) is 0 Å². The third-order valence-corrected chi connectivity index (χ3v) is 7.62. The van der Waals surface area contributed by atoms with E-state index in [1.807, 2.05) is 30.3 Å². The number of hydrogen-bond acceptors (Lipinski definition) is 4. The molecule has 194 valence electrons. The summed E-state index contributed by atoms with van der Waals surface area (Å²) in [5, 5.41) is 11.5. The fraction of sp³-hybridized carbons (Fsp3) is 0.355. The van der Waals surface area contributed by atoms with Crippen molar-refractivity contribution in [3.8, 4) is 28.4 Å². The number of methoxy groups -OCH3 is 1. The van der Waals surface area contributed by atoms with E-state index in [4.69, 9.17) is 21.1 Å². The standard InChI is InChI=1S/C31H33ClFNO3/c1-36-23-11-12-28(29(32)19-23)31-27-6-3-2-5-25(26(27)13-14-30(31)35)21-7-9-22(10-8-21)37-24-15-18-34(20-24)17-4-16-33/h5,7-14,19,24,35H,2-4,6,15-18,20H2,1H3/t24-/m0/s1. The lowest BCUT2D eigenvalue weighted by Gasteiger charge is -2.19. The molecule has 3 aromatic carbocycles. The maximum Gasteiger partial charge on any atom is 0.123 e. The zero-order chi connectivity index (χ0) is 25.8. The van der Waals surface area contributed by atoms with Crippen LogP contribution in [0.4, 0.5) is 4.39 Å². The minimum Gasteiger partial charge on any atom is -0.507 e. The topological polar surface area (TPSA) is 41.9 Å². The molecule has 3 aromatic rings. The highest BCUT2D eigenvalue weighted by Crippen LogP contribution is 2.44. The van der Waals surface area contributed by atoms with Crippen LogP contribution in [0.3, 0.4) is 0 Å². The Labute approximate surface area is 223 Å². The van der Waals surface area contributed by atoms with Gasteiger partial charge in [-0.15, -0.1) is 0 Å². The highest BCUT2D eigenvalue weighted by Gasteiger charge is 2.24. The quantitative estimate of drug-likeness (QED) is 0.337. The highest BCUT2D eigenvalue weighted by molar-refractivity contribution is 6.33. The van der Waals surface area contributed by atoms with Gasteiger partial charge in [-0.2, -0.15) is 0 Å². The molecule has 1 aliphatic carbocycles. The van der Waals surface area contributed by atoms with E-state index < -0.39 is 0 Å². The summed E-state index contributed by atoms with van der Waals surface area (Å²) in [6.45, 7) is 2.33. The lowest BCUT2D eigenvalue weighted by Crippen LogP contribution is -2.26. The molecule has 0 spiro atoms. The summed E-state index contributed by atoms with van der Waals surface area (Å²) in [6.07, 6.45) is 6.77. The smallest absolute Gasteiger partial charge is 0.123 e. The SMILES string of the molecule is COc1ccc(-c2c(O)ccc3c2CCCC=C3c2ccc(O[C@H]3CCN(CCCF)C3)cc2)c(Cl)c1. The molecular weight excluding hydrogens is 489 g/mol. The van der Waals surface area contributed by atoms with Gasteiger partial charge in [0.1, 0.15) is 23.4 Å². The molecule has 1 atom stereocenters. The van der Waals surface area contributed by atoms with Gasteiger partial charge in [0.25, 0.3) is 0 Å². The van der Waals surface area contributed by atoms with Crippen LogP contribution in [0.25, 0.3) is 16.7 Å². The number of ether oxygens (including phenoxy) is 2. The Bertz CT molecular complexity index is 1270. The summed E-state index contributed by atoms with van der Waals surface area (Å²) in [4.78, 5) is 2.27. The molecule has 1 heterocycles. The molecule has 1 saturated heterocycles. The van der Waals surface area contributed by atoms with Gasteiger partial charge in [0.15, 0.2) is 0 Å². The summed E-state index contributed by atoms with van der Waals surface area (Å²) in [6, 6.07) is 17.6. The van der Waals surface area contributed by atoms with Crippen molar-refractivity contribution in [2.45, 2.75) is 38.2 Å². The van der Waals surface area contributed by atoms with Crippen LogP contribution in [0, 0.1) is 0 Å². The van der Waals surface area contributed by atoms with E-state index in [0.29, 0.717) is 17.2 Å². The molecule has 0 saturated carbocycles. The maximum absolute atomic E-state index is 12.5. The third kappa shape index (κ3) is 5.63.